The molecule has 2 N–H and O–H groups in total. The highest BCUT2D eigenvalue weighted by molar-refractivity contribution is 5.67. The van der Waals surface area contributed by atoms with Gasteiger partial charge in [0.15, 0.2) is 0 Å². The van der Waals surface area contributed by atoms with Crippen LogP contribution in [0.4, 0.5) is 15.8 Å². The second-order valence-corrected chi connectivity index (χ2v) is 4.61. The summed E-state index contributed by atoms with van der Waals surface area (Å²) < 4.78 is 13.4. The molecule has 0 aliphatic rings. The molecule has 0 fully saturated rings. The molecule has 0 bridgehead atoms. The topological polar surface area (TPSA) is 29.3 Å². The Balaban J connectivity index is 2.27. The minimum Gasteiger partial charge on any atom is -0.397 e. The highest BCUT2D eigenvalue weighted by atomic mass is 19.1. The molecule has 2 nitrogen and oxygen atoms in total. The summed E-state index contributed by atoms with van der Waals surface area (Å²) in [7, 11) is 0. The molecule has 2 rings (SSSR count). The third-order valence-electron chi connectivity index (χ3n) is 3.04. The molecule has 0 unspecified atom stereocenters. The van der Waals surface area contributed by atoms with Crippen molar-refractivity contribution in [3.8, 4) is 0 Å². The van der Waals surface area contributed by atoms with Gasteiger partial charge in [0.2, 0.25) is 0 Å². The summed E-state index contributed by atoms with van der Waals surface area (Å²) in [5.74, 6) is -0.252. The predicted molar refractivity (Wildman–Crippen MR) is 78.6 cm³/mol. The van der Waals surface area contributed by atoms with Crippen molar-refractivity contribution in [3.63, 3.8) is 0 Å². The van der Waals surface area contributed by atoms with Crippen LogP contribution in [0.25, 0.3) is 0 Å². The number of nitrogens with two attached hydrogens (primary N) is 1. The van der Waals surface area contributed by atoms with Crippen LogP contribution in [0.15, 0.2) is 48.5 Å². The number of halogens is 1. The van der Waals surface area contributed by atoms with Gasteiger partial charge in [0, 0.05) is 13.1 Å². The summed E-state index contributed by atoms with van der Waals surface area (Å²) in [5, 5.41) is 0. The van der Waals surface area contributed by atoms with Crippen LogP contribution in [0.1, 0.15) is 18.9 Å². The van der Waals surface area contributed by atoms with Crippen molar-refractivity contribution in [1.82, 2.24) is 0 Å². The Labute approximate surface area is 113 Å². The molecule has 19 heavy (non-hydrogen) atoms. The predicted octanol–water partition coefficient (Wildman–Crippen LogP) is 3.82. The molecule has 0 atom stereocenters. The third kappa shape index (κ3) is 3.47. The van der Waals surface area contributed by atoms with E-state index in [0.717, 1.165) is 25.2 Å². The Bertz CT molecular complexity index is 526. The first-order chi connectivity index (χ1) is 9.20. The van der Waals surface area contributed by atoms with Gasteiger partial charge in [0.25, 0.3) is 0 Å². The van der Waals surface area contributed by atoms with Crippen molar-refractivity contribution in [3.05, 3.63) is 59.9 Å². The van der Waals surface area contributed by atoms with E-state index >= 15 is 0 Å². The van der Waals surface area contributed by atoms with E-state index in [1.807, 2.05) is 18.2 Å². The summed E-state index contributed by atoms with van der Waals surface area (Å²) in [4.78, 5) is 2.12. The van der Waals surface area contributed by atoms with Crippen LogP contribution in [0.5, 0.6) is 0 Å². The molecule has 0 spiro atoms. The Morgan fingerprint density at radius 1 is 1.11 bits per heavy atom. The zero-order valence-corrected chi connectivity index (χ0v) is 11.1. The molecule has 2 aromatic carbocycles. The van der Waals surface area contributed by atoms with Gasteiger partial charge in [0.1, 0.15) is 5.82 Å². The van der Waals surface area contributed by atoms with Crippen LogP contribution in [0, 0.1) is 5.82 Å². The van der Waals surface area contributed by atoms with Gasteiger partial charge in [-0.2, -0.15) is 0 Å². The summed E-state index contributed by atoms with van der Waals surface area (Å²) >= 11 is 0. The maximum absolute atomic E-state index is 13.4. The molecule has 0 saturated heterocycles. The van der Waals surface area contributed by atoms with Crippen LogP contribution >= 0.6 is 0 Å². The van der Waals surface area contributed by atoms with Crippen LogP contribution in [-0.4, -0.2) is 6.54 Å². The summed E-state index contributed by atoms with van der Waals surface area (Å²) in [6.45, 7) is 3.69. The van der Waals surface area contributed by atoms with Crippen LogP contribution in [0.2, 0.25) is 0 Å². The normalized spacial score (nSPS) is 10.4. The van der Waals surface area contributed by atoms with Crippen molar-refractivity contribution in [2.75, 3.05) is 17.2 Å². The minimum absolute atomic E-state index is 0.252. The first-order valence-electron chi connectivity index (χ1n) is 6.54. The Morgan fingerprint density at radius 3 is 2.53 bits per heavy atom. The first kappa shape index (κ1) is 13.4. The van der Waals surface area contributed by atoms with Crippen molar-refractivity contribution in [2.45, 2.75) is 19.9 Å². The smallest absolute Gasteiger partial charge is 0.125 e. The lowest BCUT2D eigenvalue weighted by atomic mass is 10.1. The van der Waals surface area contributed by atoms with Gasteiger partial charge in [-0.05, 0) is 30.2 Å². The van der Waals surface area contributed by atoms with Gasteiger partial charge in [-0.25, -0.2) is 4.39 Å². The van der Waals surface area contributed by atoms with Gasteiger partial charge in [-0.3, -0.25) is 0 Å². The molecular weight excluding hydrogens is 239 g/mol. The average molecular weight is 258 g/mol. The molecule has 2 aromatic rings. The number of rotatable bonds is 5. The molecule has 3 heteroatoms. The lowest BCUT2D eigenvalue weighted by molar-refractivity contribution is 0.626. The molecule has 0 saturated carbocycles. The second-order valence-electron chi connectivity index (χ2n) is 4.61. The highest BCUT2D eigenvalue weighted by Crippen LogP contribution is 2.26. The fourth-order valence-corrected chi connectivity index (χ4v) is 2.15. The van der Waals surface area contributed by atoms with E-state index in [0.29, 0.717) is 5.69 Å². The third-order valence-corrected chi connectivity index (χ3v) is 3.04. The van der Waals surface area contributed by atoms with E-state index < -0.39 is 0 Å². The fourth-order valence-electron chi connectivity index (χ4n) is 2.15. The van der Waals surface area contributed by atoms with Crippen LogP contribution < -0.4 is 10.6 Å². The number of hydrogen-bond donors (Lipinski definition) is 1. The standard InChI is InChI=1S/C16H19FN2/c1-2-10-19(12-13-6-4-3-5-7-13)16-11-14(17)8-9-15(16)18/h3-9,11H,2,10,12,18H2,1H3. The molecule has 100 valence electrons. The lowest BCUT2D eigenvalue weighted by Gasteiger charge is -2.26. The zero-order valence-electron chi connectivity index (χ0n) is 11.1. The van der Waals surface area contributed by atoms with Crippen molar-refractivity contribution >= 4 is 11.4 Å². The van der Waals surface area contributed by atoms with Crippen molar-refractivity contribution in [1.29, 1.82) is 0 Å². The summed E-state index contributed by atoms with van der Waals surface area (Å²) in [6, 6.07) is 14.7. The number of anilines is 2. The van der Waals surface area contributed by atoms with Crippen LogP contribution in [-0.2, 0) is 6.54 Å². The Kier molecular flexibility index (Phi) is 4.39. The average Bonchev–Trinajstić information content (AvgIpc) is 2.42. The molecule has 0 amide bonds. The number of hydrogen-bond acceptors (Lipinski definition) is 2. The maximum atomic E-state index is 13.4. The highest BCUT2D eigenvalue weighted by Gasteiger charge is 2.10. The van der Waals surface area contributed by atoms with E-state index in [2.05, 4.69) is 24.0 Å². The monoisotopic (exact) mass is 258 g/mol. The lowest BCUT2D eigenvalue weighted by Crippen LogP contribution is -2.24. The van der Waals surface area contributed by atoms with Gasteiger partial charge in [-0.1, -0.05) is 37.3 Å². The van der Waals surface area contributed by atoms with E-state index in [1.54, 1.807) is 6.07 Å². The van der Waals surface area contributed by atoms with E-state index in [9.17, 15) is 4.39 Å². The van der Waals surface area contributed by atoms with E-state index in [-0.39, 0.29) is 5.82 Å². The largest absolute Gasteiger partial charge is 0.397 e. The molecule has 0 heterocycles. The SMILES string of the molecule is CCCN(Cc1ccccc1)c1cc(F)ccc1N. The summed E-state index contributed by atoms with van der Waals surface area (Å²) in [6.07, 6.45) is 0.989. The van der Waals surface area contributed by atoms with Crippen molar-refractivity contribution in [2.24, 2.45) is 0 Å². The van der Waals surface area contributed by atoms with Gasteiger partial charge < -0.3 is 10.6 Å². The number of nitrogen functional groups attached to an aromatic ring is 1. The first-order valence-corrected chi connectivity index (χ1v) is 6.54. The van der Waals surface area contributed by atoms with Gasteiger partial charge in [-0.15, -0.1) is 0 Å². The molecule has 0 radical (unpaired) electrons. The maximum Gasteiger partial charge on any atom is 0.125 e. The van der Waals surface area contributed by atoms with Gasteiger partial charge >= 0.3 is 0 Å². The van der Waals surface area contributed by atoms with Gasteiger partial charge in [0.05, 0.1) is 11.4 Å². The Hall–Kier alpha value is -2.03. The molecule has 0 aliphatic heterocycles. The molecular formula is C16H19FN2. The van der Waals surface area contributed by atoms with Crippen molar-refractivity contribution < 1.29 is 4.39 Å². The minimum atomic E-state index is -0.252. The van der Waals surface area contributed by atoms with Crippen LogP contribution in [0.3, 0.4) is 0 Å². The fraction of sp³-hybridized carbons (Fsp3) is 0.250. The number of nitrogens with zero attached hydrogens (tertiary/aromatic N) is 1. The Morgan fingerprint density at radius 2 is 1.84 bits per heavy atom. The summed E-state index contributed by atoms with van der Waals surface area (Å²) in [5.41, 5.74) is 8.55. The second kappa shape index (κ2) is 6.23. The zero-order chi connectivity index (χ0) is 13.7. The quantitative estimate of drug-likeness (QED) is 0.826. The molecule has 0 aliphatic carbocycles. The molecule has 0 aromatic heterocycles. The van der Waals surface area contributed by atoms with E-state index in [4.69, 9.17) is 5.73 Å². The number of benzene rings is 2. The van der Waals surface area contributed by atoms with E-state index in [1.165, 1.54) is 17.7 Å².